The number of carbonyl (C=O) groups excluding carboxylic acids is 1. The number of aromatic nitrogens is 1. The maximum atomic E-state index is 11.2. The van der Waals surface area contributed by atoms with Crippen LogP contribution in [0.1, 0.15) is 54.4 Å². The van der Waals surface area contributed by atoms with Gasteiger partial charge in [-0.15, -0.1) is 0 Å². The van der Waals surface area contributed by atoms with E-state index in [0.29, 0.717) is 5.92 Å². The molecule has 1 unspecified atom stereocenters. The lowest BCUT2D eigenvalue weighted by atomic mass is 10.0. The molecule has 1 aromatic rings. The van der Waals surface area contributed by atoms with Gasteiger partial charge in [-0.05, 0) is 31.1 Å². The van der Waals surface area contributed by atoms with Crippen LogP contribution in [0.2, 0.25) is 0 Å². The molecular weight excluding hydrogens is 272 g/mol. The van der Waals surface area contributed by atoms with Gasteiger partial charge in [0.05, 0.1) is 17.2 Å². The van der Waals surface area contributed by atoms with Crippen LogP contribution in [0.5, 0.6) is 0 Å². The van der Waals surface area contributed by atoms with Crippen LogP contribution >= 0.6 is 11.3 Å². The van der Waals surface area contributed by atoms with Gasteiger partial charge in [0.2, 0.25) is 0 Å². The summed E-state index contributed by atoms with van der Waals surface area (Å²) in [7, 11) is 2.01. The highest BCUT2D eigenvalue weighted by molar-refractivity contribution is 7.17. The normalized spacial score (nSPS) is 16.1. The fourth-order valence-electron chi connectivity index (χ4n) is 1.96. The van der Waals surface area contributed by atoms with Crippen molar-refractivity contribution in [2.24, 2.45) is 5.92 Å². The Morgan fingerprint density at radius 2 is 2.30 bits per heavy atom. The summed E-state index contributed by atoms with van der Waals surface area (Å²) in [5.41, 5.74) is 0.938. The van der Waals surface area contributed by atoms with Crippen molar-refractivity contribution in [3.05, 3.63) is 10.6 Å². The molecule has 0 amide bonds. The first-order valence-electron chi connectivity index (χ1n) is 7.40. The van der Waals surface area contributed by atoms with E-state index in [2.05, 4.69) is 23.7 Å². The molecule has 0 bridgehead atoms. The quantitative estimate of drug-likeness (QED) is 0.518. The van der Waals surface area contributed by atoms with Crippen LogP contribution in [0, 0.1) is 5.92 Å². The van der Waals surface area contributed by atoms with Crippen LogP contribution in [0.3, 0.4) is 0 Å². The van der Waals surface area contributed by atoms with Gasteiger partial charge in [0, 0.05) is 20.2 Å². The monoisotopic (exact) mass is 296 g/mol. The van der Waals surface area contributed by atoms with Gasteiger partial charge in [0.25, 0.3) is 0 Å². The Bertz CT molecular complexity index is 443. The highest BCUT2D eigenvalue weighted by Gasteiger charge is 2.21. The Kier molecular flexibility index (Phi) is 5.54. The molecule has 112 valence electrons. The van der Waals surface area contributed by atoms with Crippen molar-refractivity contribution < 1.29 is 9.53 Å². The largest absolute Gasteiger partial charge is 0.379 e. The zero-order valence-corrected chi connectivity index (χ0v) is 13.4. The second-order valence-electron chi connectivity index (χ2n) is 5.61. The highest BCUT2D eigenvalue weighted by atomic mass is 32.1. The first-order valence-corrected chi connectivity index (χ1v) is 8.22. The third-order valence-corrected chi connectivity index (χ3v) is 4.91. The van der Waals surface area contributed by atoms with Crippen molar-refractivity contribution in [3.63, 3.8) is 0 Å². The second-order valence-corrected chi connectivity index (χ2v) is 6.62. The molecule has 5 heteroatoms. The van der Waals surface area contributed by atoms with E-state index < -0.39 is 0 Å². The molecular formula is C15H24N2O2S. The molecule has 2 rings (SSSR count). The topological polar surface area (TPSA) is 42.4 Å². The molecule has 20 heavy (non-hydrogen) atoms. The summed E-state index contributed by atoms with van der Waals surface area (Å²) in [5, 5.41) is 0.914. The number of rotatable bonds is 9. The molecule has 1 aromatic heterocycles. The lowest BCUT2D eigenvalue weighted by Gasteiger charge is -2.15. The van der Waals surface area contributed by atoms with Crippen LogP contribution < -0.4 is 4.90 Å². The summed E-state index contributed by atoms with van der Waals surface area (Å²) in [6.45, 7) is 6.67. The molecule has 0 spiro atoms. The number of carbonyl (C=O) groups is 1. The van der Waals surface area contributed by atoms with Crippen molar-refractivity contribution in [1.82, 2.24) is 4.98 Å². The standard InChI is InChI=1S/C15H24N2O2S/c1-4-11(2)14-13(9-18)20-15(16-14)17(3)7-8-19-10-12-5-6-12/h9,11-12H,4-8,10H2,1-3H3. The first-order chi connectivity index (χ1) is 9.65. The fraction of sp³-hybridized carbons (Fsp3) is 0.733. The smallest absolute Gasteiger partial charge is 0.186 e. The maximum Gasteiger partial charge on any atom is 0.186 e. The number of nitrogens with zero attached hydrogens (tertiary/aromatic N) is 2. The molecule has 1 aliphatic carbocycles. The average molecular weight is 296 g/mol. The molecule has 1 saturated carbocycles. The van der Waals surface area contributed by atoms with E-state index in [4.69, 9.17) is 4.74 Å². The van der Waals surface area contributed by atoms with Gasteiger partial charge in [-0.25, -0.2) is 4.98 Å². The highest BCUT2D eigenvalue weighted by Crippen LogP contribution is 2.31. The van der Waals surface area contributed by atoms with Crippen molar-refractivity contribution >= 4 is 22.8 Å². The minimum Gasteiger partial charge on any atom is -0.379 e. The van der Waals surface area contributed by atoms with E-state index >= 15 is 0 Å². The maximum absolute atomic E-state index is 11.2. The van der Waals surface area contributed by atoms with E-state index in [1.807, 2.05) is 7.05 Å². The van der Waals surface area contributed by atoms with E-state index in [1.54, 1.807) is 0 Å². The van der Waals surface area contributed by atoms with Crippen LogP contribution in [-0.2, 0) is 4.74 Å². The molecule has 0 N–H and O–H groups in total. The molecule has 1 aliphatic rings. The number of aldehydes is 1. The molecule has 0 saturated heterocycles. The zero-order chi connectivity index (χ0) is 14.5. The Labute approximate surface area is 125 Å². The Morgan fingerprint density at radius 3 is 2.90 bits per heavy atom. The lowest BCUT2D eigenvalue weighted by molar-refractivity contribution is 0.112. The van der Waals surface area contributed by atoms with Crippen molar-refractivity contribution in [3.8, 4) is 0 Å². The van der Waals surface area contributed by atoms with Gasteiger partial charge in [-0.1, -0.05) is 25.2 Å². The number of hydrogen-bond acceptors (Lipinski definition) is 5. The fourth-order valence-corrected chi connectivity index (χ4v) is 2.94. The van der Waals surface area contributed by atoms with E-state index in [0.717, 1.165) is 54.1 Å². The molecule has 1 heterocycles. The van der Waals surface area contributed by atoms with Gasteiger partial charge < -0.3 is 9.64 Å². The Hall–Kier alpha value is -0.940. The number of thiazole rings is 1. The van der Waals surface area contributed by atoms with Crippen molar-refractivity contribution in [1.29, 1.82) is 0 Å². The Balaban J connectivity index is 1.89. The first kappa shape index (κ1) is 15.4. The van der Waals surface area contributed by atoms with Gasteiger partial charge >= 0.3 is 0 Å². The molecule has 0 radical (unpaired) electrons. The van der Waals surface area contributed by atoms with Gasteiger partial charge in [-0.3, -0.25) is 4.79 Å². The summed E-state index contributed by atoms with van der Waals surface area (Å²) in [4.78, 5) is 18.6. The summed E-state index contributed by atoms with van der Waals surface area (Å²) in [5.74, 6) is 1.14. The predicted molar refractivity (Wildman–Crippen MR) is 83.0 cm³/mol. The number of likely N-dealkylation sites (N-methyl/N-ethyl adjacent to an activating group) is 1. The minimum atomic E-state index is 0.333. The van der Waals surface area contributed by atoms with Crippen LogP contribution in [0.25, 0.3) is 0 Å². The average Bonchev–Trinajstić information content (AvgIpc) is 3.18. The van der Waals surface area contributed by atoms with Gasteiger partial charge in [0.15, 0.2) is 11.4 Å². The molecule has 1 fully saturated rings. The van der Waals surface area contributed by atoms with Gasteiger partial charge in [-0.2, -0.15) is 0 Å². The minimum absolute atomic E-state index is 0.333. The SMILES string of the molecule is CCC(C)c1nc(N(C)CCOCC2CC2)sc1C=O. The third kappa shape index (κ3) is 4.03. The summed E-state index contributed by atoms with van der Waals surface area (Å²) >= 11 is 1.48. The lowest BCUT2D eigenvalue weighted by Crippen LogP contribution is -2.22. The number of anilines is 1. The Morgan fingerprint density at radius 1 is 1.55 bits per heavy atom. The number of ether oxygens (including phenoxy) is 1. The number of hydrogen-bond donors (Lipinski definition) is 0. The molecule has 0 aliphatic heterocycles. The predicted octanol–water partition coefficient (Wildman–Crippen LogP) is 3.33. The van der Waals surface area contributed by atoms with Crippen LogP contribution in [0.4, 0.5) is 5.13 Å². The van der Waals surface area contributed by atoms with Gasteiger partial charge in [0.1, 0.15) is 0 Å². The molecule has 1 atom stereocenters. The van der Waals surface area contributed by atoms with Crippen molar-refractivity contribution in [2.45, 2.75) is 39.0 Å². The van der Waals surface area contributed by atoms with Crippen molar-refractivity contribution in [2.75, 3.05) is 31.7 Å². The van der Waals surface area contributed by atoms with Crippen LogP contribution in [0.15, 0.2) is 0 Å². The molecule has 0 aromatic carbocycles. The summed E-state index contributed by atoms with van der Waals surface area (Å²) in [6.07, 6.45) is 4.57. The summed E-state index contributed by atoms with van der Waals surface area (Å²) in [6, 6.07) is 0. The van der Waals surface area contributed by atoms with Crippen LogP contribution in [-0.4, -0.2) is 38.1 Å². The summed E-state index contributed by atoms with van der Waals surface area (Å²) < 4.78 is 5.65. The molecule has 4 nitrogen and oxygen atoms in total. The third-order valence-electron chi connectivity index (χ3n) is 3.80. The van der Waals surface area contributed by atoms with E-state index in [9.17, 15) is 4.79 Å². The zero-order valence-electron chi connectivity index (χ0n) is 12.6. The second kappa shape index (κ2) is 7.18. The van der Waals surface area contributed by atoms with E-state index in [-0.39, 0.29) is 0 Å². The van der Waals surface area contributed by atoms with E-state index in [1.165, 1.54) is 24.2 Å².